The SMILES string of the molecule is N#Cc1ccc(OC[C@@H](O)CNCCCN2CCCC2=O)cc1. The third kappa shape index (κ3) is 5.89. The molecule has 0 bridgehead atoms. The lowest BCUT2D eigenvalue weighted by molar-refractivity contribution is -0.127. The summed E-state index contributed by atoms with van der Waals surface area (Å²) < 4.78 is 5.47. The number of nitriles is 1. The first-order chi connectivity index (χ1) is 11.2. The van der Waals surface area contributed by atoms with E-state index >= 15 is 0 Å². The van der Waals surface area contributed by atoms with Gasteiger partial charge in [-0.25, -0.2) is 0 Å². The third-order valence-corrected chi connectivity index (χ3v) is 3.76. The molecule has 1 saturated heterocycles. The van der Waals surface area contributed by atoms with Gasteiger partial charge in [0.1, 0.15) is 18.5 Å². The number of nitrogens with one attached hydrogen (secondary N) is 1. The zero-order chi connectivity index (χ0) is 16.5. The summed E-state index contributed by atoms with van der Waals surface area (Å²) in [5.74, 6) is 0.886. The number of likely N-dealkylation sites (tertiary alicyclic amines) is 1. The molecular weight excluding hydrogens is 294 g/mol. The van der Waals surface area contributed by atoms with E-state index in [-0.39, 0.29) is 12.5 Å². The Labute approximate surface area is 136 Å². The molecule has 23 heavy (non-hydrogen) atoms. The number of carbonyl (C=O) groups is 1. The van der Waals surface area contributed by atoms with Crippen molar-refractivity contribution in [3.8, 4) is 11.8 Å². The first kappa shape index (κ1) is 17.3. The van der Waals surface area contributed by atoms with Crippen LogP contribution < -0.4 is 10.1 Å². The Morgan fingerprint density at radius 1 is 1.39 bits per heavy atom. The molecule has 0 radical (unpaired) electrons. The number of rotatable bonds is 9. The molecule has 2 rings (SSSR count). The van der Waals surface area contributed by atoms with Gasteiger partial charge in [-0.1, -0.05) is 0 Å². The fourth-order valence-corrected chi connectivity index (χ4v) is 2.48. The molecule has 1 fully saturated rings. The summed E-state index contributed by atoms with van der Waals surface area (Å²) in [5.41, 5.74) is 0.580. The number of amides is 1. The van der Waals surface area contributed by atoms with Crippen LogP contribution in [0.3, 0.4) is 0 Å². The monoisotopic (exact) mass is 317 g/mol. The lowest BCUT2D eigenvalue weighted by Crippen LogP contribution is -2.34. The number of benzene rings is 1. The average Bonchev–Trinajstić information content (AvgIpc) is 2.98. The molecule has 0 saturated carbocycles. The second-order valence-corrected chi connectivity index (χ2v) is 5.64. The molecule has 6 nitrogen and oxygen atoms in total. The molecule has 1 aromatic carbocycles. The van der Waals surface area contributed by atoms with Crippen LogP contribution in [0.2, 0.25) is 0 Å². The molecule has 1 aliphatic heterocycles. The highest BCUT2D eigenvalue weighted by Gasteiger charge is 2.18. The summed E-state index contributed by atoms with van der Waals surface area (Å²) in [5, 5.41) is 21.7. The maximum atomic E-state index is 11.4. The molecule has 1 heterocycles. The van der Waals surface area contributed by atoms with E-state index in [1.165, 1.54) is 0 Å². The van der Waals surface area contributed by atoms with E-state index in [1.54, 1.807) is 24.3 Å². The maximum Gasteiger partial charge on any atom is 0.222 e. The smallest absolute Gasteiger partial charge is 0.222 e. The van der Waals surface area contributed by atoms with Crippen LogP contribution in [0.15, 0.2) is 24.3 Å². The highest BCUT2D eigenvalue weighted by molar-refractivity contribution is 5.77. The molecule has 6 heteroatoms. The summed E-state index contributed by atoms with van der Waals surface area (Å²) in [6, 6.07) is 8.83. The van der Waals surface area contributed by atoms with Gasteiger partial charge in [-0.3, -0.25) is 4.79 Å². The van der Waals surface area contributed by atoms with E-state index in [0.29, 0.717) is 24.3 Å². The Bertz CT molecular complexity index is 539. The van der Waals surface area contributed by atoms with Crippen LogP contribution in [0.5, 0.6) is 5.75 Å². The first-order valence-electron chi connectivity index (χ1n) is 7.98. The largest absolute Gasteiger partial charge is 0.491 e. The molecule has 0 aromatic heterocycles. The quantitative estimate of drug-likeness (QED) is 0.661. The molecule has 1 aliphatic rings. The second-order valence-electron chi connectivity index (χ2n) is 5.64. The minimum absolute atomic E-state index is 0.198. The van der Waals surface area contributed by atoms with E-state index in [1.807, 2.05) is 11.0 Å². The molecule has 1 amide bonds. The Kier molecular flexibility index (Phi) is 6.85. The molecule has 0 aliphatic carbocycles. The fraction of sp³-hybridized carbons (Fsp3) is 0.529. The predicted octanol–water partition coefficient (Wildman–Crippen LogP) is 0.900. The topological polar surface area (TPSA) is 85.6 Å². The van der Waals surface area contributed by atoms with Crippen LogP contribution >= 0.6 is 0 Å². The normalized spacial score (nSPS) is 15.5. The number of ether oxygens (including phenoxy) is 1. The van der Waals surface area contributed by atoms with E-state index in [2.05, 4.69) is 5.32 Å². The van der Waals surface area contributed by atoms with Crippen molar-refractivity contribution >= 4 is 5.91 Å². The maximum absolute atomic E-state index is 11.4. The molecule has 0 unspecified atom stereocenters. The molecule has 1 atom stereocenters. The van der Waals surface area contributed by atoms with Gasteiger partial charge >= 0.3 is 0 Å². The van der Waals surface area contributed by atoms with E-state index in [9.17, 15) is 9.90 Å². The molecular formula is C17H23N3O3. The van der Waals surface area contributed by atoms with Gasteiger partial charge in [0, 0.05) is 26.1 Å². The molecule has 124 valence electrons. The Hall–Kier alpha value is -2.10. The van der Waals surface area contributed by atoms with Crippen molar-refractivity contribution in [3.63, 3.8) is 0 Å². The predicted molar refractivity (Wildman–Crippen MR) is 86.0 cm³/mol. The third-order valence-electron chi connectivity index (χ3n) is 3.76. The second kappa shape index (κ2) is 9.13. The van der Waals surface area contributed by atoms with Crippen LogP contribution in [0.4, 0.5) is 0 Å². The van der Waals surface area contributed by atoms with Gasteiger partial charge in [0.25, 0.3) is 0 Å². The summed E-state index contributed by atoms with van der Waals surface area (Å²) in [6.45, 7) is 3.06. The fourth-order valence-electron chi connectivity index (χ4n) is 2.48. The van der Waals surface area contributed by atoms with Crippen molar-refractivity contribution in [2.24, 2.45) is 0 Å². The van der Waals surface area contributed by atoms with Crippen molar-refractivity contribution < 1.29 is 14.6 Å². The highest BCUT2D eigenvalue weighted by atomic mass is 16.5. The van der Waals surface area contributed by atoms with Crippen LogP contribution in [0.1, 0.15) is 24.8 Å². The number of nitrogens with zero attached hydrogens (tertiary/aromatic N) is 2. The van der Waals surface area contributed by atoms with Gasteiger partial charge in [-0.2, -0.15) is 5.26 Å². The standard InChI is InChI=1S/C17H23N3O3/c18-11-14-4-6-16(7-5-14)23-13-15(21)12-19-8-2-10-20-9-1-3-17(20)22/h4-7,15,19,21H,1-3,8-10,12-13H2/t15-/m0/s1. The highest BCUT2D eigenvalue weighted by Crippen LogP contribution is 2.11. The summed E-state index contributed by atoms with van der Waals surface area (Å²) in [7, 11) is 0. The first-order valence-corrected chi connectivity index (χ1v) is 7.98. The van der Waals surface area contributed by atoms with Gasteiger partial charge in [0.15, 0.2) is 0 Å². The Balaban J connectivity index is 1.53. The van der Waals surface area contributed by atoms with Crippen molar-refractivity contribution in [1.29, 1.82) is 5.26 Å². The number of hydrogen-bond donors (Lipinski definition) is 2. The number of aliphatic hydroxyl groups is 1. The van der Waals surface area contributed by atoms with Gasteiger partial charge in [0.2, 0.25) is 5.91 Å². The molecule has 2 N–H and O–H groups in total. The Morgan fingerprint density at radius 2 is 2.17 bits per heavy atom. The average molecular weight is 317 g/mol. The summed E-state index contributed by atoms with van der Waals surface area (Å²) in [6.07, 6.45) is 1.94. The number of hydrogen-bond acceptors (Lipinski definition) is 5. The minimum Gasteiger partial charge on any atom is -0.491 e. The van der Waals surface area contributed by atoms with Crippen LogP contribution in [0, 0.1) is 11.3 Å². The van der Waals surface area contributed by atoms with Crippen LogP contribution in [-0.2, 0) is 4.79 Å². The zero-order valence-electron chi connectivity index (χ0n) is 13.2. The number of carbonyl (C=O) groups excluding carboxylic acids is 1. The zero-order valence-corrected chi connectivity index (χ0v) is 13.2. The van der Waals surface area contributed by atoms with Gasteiger partial charge < -0.3 is 20.1 Å². The van der Waals surface area contributed by atoms with Crippen molar-refractivity contribution in [2.45, 2.75) is 25.4 Å². The van der Waals surface area contributed by atoms with Crippen LogP contribution in [-0.4, -0.2) is 54.8 Å². The minimum atomic E-state index is -0.598. The van der Waals surface area contributed by atoms with E-state index in [0.717, 1.165) is 32.5 Å². The van der Waals surface area contributed by atoms with Gasteiger partial charge in [0.05, 0.1) is 11.6 Å². The summed E-state index contributed by atoms with van der Waals surface area (Å²) in [4.78, 5) is 13.3. The Morgan fingerprint density at radius 3 is 2.83 bits per heavy atom. The lowest BCUT2D eigenvalue weighted by Gasteiger charge is -2.16. The van der Waals surface area contributed by atoms with Crippen LogP contribution in [0.25, 0.3) is 0 Å². The van der Waals surface area contributed by atoms with E-state index in [4.69, 9.17) is 10.00 Å². The molecule has 1 aromatic rings. The lowest BCUT2D eigenvalue weighted by atomic mass is 10.2. The summed E-state index contributed by atoms with van der Waals surface area (Å²) >= 11 is 0. The van der Waals surface area contributed by atoms with Crippen molar-refractivity contribution in [3.05, 3.63) is 29.8 Å². The van der Waals surface area contributed by atoms with Crippen molar-refractivity contribution in [2.75, 3.05) is 32.8 Å². The van der Waals surface area contributed by atoms with Gasteiger partial charge in [-0.05, 0) is 43.7 Å². The number of aliphatic hydroxyl groups excluding tert-OH is 1. The molecule has 0 spiro atoms. The van der Waals surface area contributed by atoms with Gasteiger partial charge in [-0.15, -0.1) is 0 Å². The van der Waals surface area contributed by atoms with Crippen molar-refractivity contribution in [1.82, 2.24) is 10.2 Å². The van der Waals surface area contributed by atoms with E-state index < -0.39 is 6.10 Å².